The van der Waals surface area contributed by atoms with Gasteiger partial charge in [-0.15, -0.1) is 13.2 Å². The van der Waals surface area contributed by atoms with E-state index in [1.54, 1.807) is 11.8 Å². The van der Waals surface area contributed by atoms with E-state index in [2.05, 4.69) is 10.8 Å². The molecule has 2 aromatic rings. The van der Waals surface area contributed by atoms with Crippen LogP contribution in [0.2, 0.25) is 0 Å². The molecule has 1 aliphatic rings. The average molecular weight is 439 g/mol. The lowest BCUT2D eigenvalue weighted by atomic mass is 9.92. The van der Waals surface area contributed by atoms with Crippen molar-refractivity contribution in [3.63, 3.8) is 0 Å². The highest BCUT2D eigenvalue weighted by Gasteiger charge is 2.31. The highest BCUT2D eigenvalue weighted by atomic mass is 19.4. The van der Waals surface area contributed by atoms with Crippen molar-refractivity contribution in [3.05, 3.63) is 58.9 Å². The molecular formula is C23H25F4NO3. The van der Waals surface area contributed by atoms with Gasteiger partial charge in [-0.1, -0.05) is 25.1 Å². The molecule has 3 rings (SSSR count). The van der Waals surface area contributed by atoms with Crippen LogP contribution < -0.4 is 9.64 Å². The summed E-state index contributed by atoms with van der Waals surface area (Å²) in [5.74, 6) is -1.28. The van der Waals surface area contributed by atoms with Crippen LogP contribution >= 0.6 is 0 Å². The smallest absolute Gasteiger partial charge is 0.466 e. The third-order valence-corrected chi connectivity index (χ3v) is 5.37. The first-order valence-electron chi connectivity index (χ1n) is 10.2. The zero-order valence-corrected chi connectivity index (χ0v) is 17.5. The van der Waals surface area contributed by atoms with Crippen molar-refractivity contribution in [3.8, 4) is 5.75 Å². The van der Waals surface area contributed by atoms with Gasteiger partial charge in [0.05, 0.1) is 18.7 Å². The van der Waals surface area contributed by atoms with Crippen LogP contribution in [0.1, 0.15) is 42.9 Å². The molecule has 31 heavy (non-hydrogen) atoms. The number of benzene rings is 2. The number of rotatable bonds is 6. The van der Waals surface area contributed by atoms with Crippen molar-refractivity contribution in [2.24, 2.45) is 0 Å². The lowest BCUT2D eigenvalue weighted by molar-refractivity contribution is -0.274. The fourth-order valence-corrected chi connectivity index (χ4v) is 3.81. The van der Waals surface area contributed by atoms with E-state index in [4.69, 9.17) is 4.74 Å². The monoisotopic (exact) mass is 439 g/mol. The summed E-state index contributed by atoms with van der Waals surface area (Å²) in [5, 5.41) is 0. The summed E-state index contributed by atoms with van der Waals surface area (Å²) in [5.41, 5.74) is 3.31. The number of hydrogen-bond donors (Lipinski definition) is 0. The summed E-state index contributed by atoms with van der Waals surface area (Å²) in [6, 6.07) is 9.10. The van der Waals surface area contributed by atoms with Crippen molar-refractivity contribution < 1.29 is 31.8 Å². The number of nitrogens with zero attached hydrogens (tertiary/aromatic N) is 1. The van der Waals surface area contributed by atoms with E-state index in [0.29, 0.717) is 32.5 Å². The number of carbonyl (C=O) groups excluding carboxylic acids is 1. The van der Waals surface area contributed by atoms with Crippen LogP contribution in [-0.2, 0) is 22.4 Å². The topological polar surface area (TPSA) is 38.8 Å². The number of carbonyl (C=O) groups is 1. The molecule has 8 heteroatoms. The van der Waals surface area contributed by atoms with Gasteiger partial charge in [-0.05, 0) is 54.5 Å². The van der Waals surface area contributed by atoms with Crippen LogP contribution in [0.4, 0.5) is 23.2 Å². The van der Waals surface area contributed by atoms with Crippen molar-refractivity contribution in [1.29, 1.82) is 0 Å². The Kier molecular flexibility index (Phi) is 7.08. The van der Waals surface area contributed by atoms with Gasteiger partial charge >= 0.3 is 12.3 Å². The molecule has 0 radical (unpaired) electrons. The summed E-state index contributed by atoms with van der Waals surface area (Å²) in [6.45, 7) is 5.00. The minimum absolute atomic E-state index is 0.00245. The molecule has 1 unspecified atom stereocenters. The van der Waals surface area contributed by atoms with E-state index in [9.17, 15) is 22.4 Å². The number of alkyl halides is 3. The summed E-state index contributed by atoms with van der Waals surface area (Å²) in [7, 11) is 0. The molecule has 0 N–H and O–H groups in total. The highest BCUT2D eigenvalue weighted by Crippen LogP contribution is 2.31. The minimum Gasteiger partial charge on any atom is -0.466 e. The van der Waals surface area contributed by atoms with Crippen molar-refractivity contribution in [2.75, 3.05) is 24.6 Å². The normalized spacial score (nSPS) is 15.1. The first kappa shape index (κ1) is 22.9. The van der Waals surface area contributed by atoms with Gasteiger partial charge in [-0.2, -0.15) is 0 Å². The van der Waals surface area contributed by atoms with E-state index < -0.39 is 17.9 Å². The van der Waals surface area contributed by atoms with Gasteiger partial charge in [0.2, 0.25) is 0 Å². The molecule has 0 aromatic heterocycles. The van der Waals surface area contributed by atoms with E-state index in [1.165, 1.54) is 0 Å². The summed E-state index contributed by atoms with van der Waals surface area (Å²) in [6.07, 6.45) is -3.30. The fourth-order valence-electron chi connectivity index (χ4n) is 3.81. The van der Waals surface area contributed by atoms with Gasteiger partial charge in [0, 0.05) is 19.2 Å². The summed E-state index contributed by atoms with van der Waals surface area (Å²) in [4.78, 5) is 13.5. The van der Waals surface area contributed by atoms with Crippen molar-refractivity contribution in [1.82, 2.24) is 0 Å². The zero-order chi connectivity index (χ0) is 22.6. The average Bonchev–Trinajstić information content (AvgIpc) is 2.90. The van der Waals surface area contributed by atoms with Gasteiger partial charge < -0.3 is 14.4 Å². The summed E-state index contributed by atoms with van der Waals surface area (Å²) < 4.78 is 60.9. The minimum atomic E-state index is -4.83. The SMILES string of the molecule is CCOC(=O)CC(C)c1ccc2c(c1)CCN(c1cc(OC(F)(F)F)ccc1F)CC2. The maximum Gasteiger partial charge on any atom is 0.573 e. The Morgan fingerprint density at radius 3 is 2.48 bits per heavy atom. The van der Waals surface area contributed by atoms with Crippen LogP contribution in [0, 0.1) is 5.82 Å². The lowest BCUT2D eigenvalue weighted by Crippen LogP contribution is -2.27. The number of hydrogen-bond acceptors (Lipinski definition) is 4. The molecule has 4 nitrogen and oxygen atoms in total. The van der Waals surface area contributed by atoms with Gasteiger partial charge in [0.25, 0.3) is 0 Å². The fraction of sp³-hybridized carbons (Fsp3) is 0.435. The van der Waals surface area contributed by atoms with Gasteiger partial charge in [-0.3, -0.25) is 4.79 Å². The molecule has 168 valence electrons. The first-order chi connectivity index (χ1) is 14.7. The Balaban J connectivity index is 1.74. The Hall–Kier alpha value is -2.77. The third kappa shape index (κ3) is 6.12. The molecule has 0 saturated carbocycles. The van der Waals surface area contributed by atoms with Crippen LogP contribution in [-0.4, -0.2) is 32.0 Å². The number of anilines is 1. The van der Waals surface area contributed by atoms with Gasteiger partial charge in [0.15, 0.2) is 0 Å². The molecule has 0 aliphatic carbocycles. The molecule has 0 spiro atoms. The number of ether oxygens (including phenoxy) is 2. The molecule has 1 atom stereocenters. The number of fused-ring (bicyclic) bond motifs is 1. The van der Waals surface area contributed by atoms with Gasteiger partial charge in [0.1, 0.15) is 11.6 Å². The molecule has 0 fully saturated rings. The Morgan fingerprint density at radius 2 is 1.81 bits per heavy atom. The highest BCUT2D eigenvalue weighted by molar-refractivity contribution is 5.70. The maximum absolute atomic E-state index is 14.4. The van der Waals surface area contributed by atoms with E-state index >= 15 is 0 Å². The molecule has 0 saturated heterocycles. The van der Waals surface area contributed by atoms with Crippen LogP contribution in [0.15, 0.2) is 36.4 Å². The molecule has 1 aliphatic heterocycles. The largest absolute Gasteiger partial charge is 0.573 e. The predicted molar refractivity (Wildman–Crippen MR) is 109 cm³/mol. The molecular weight excluding hydrogens is 414 g/mol. The quantitative estimate of drug-likeness (QED) is 0.447. The summed E-state index contributed by atoms with van der Waals surface area (Å²) >= 11 is 0. The van der Waals surface area contributed by atoms with E-state index in [0.717, 1.165) is 34.9 Å². The Morgan fingerprint density at radius 1 is 1.10 bits per heavy atom. The molecule has 2 aromatic carbocycles. The Labute approximate surface area is 178 Å². The van der Waals surface area contributed by atoms with Crippen LogP contribution in [0.5, 0.6) is 5.75 Å². The predicted octanol–water partition coefficient (Wildman–Crippen LogP) is 5.39. The van der Waals surface area contributed by atoms with Crippen LogP contribution in [0.25, 0.3) is 0 Å². The second kappa shape index (κ2) is 9.58. The second-order valence-electron chi connectivity index (χ2n) is 7.59. The lowest BCUT2D eigenvalue weighted by Gasteiger charge is -2.24. The number of halogens is 4. The molecule has 0 bridgehead atoms. The molecule has 1 heterocycles. The van der Waals surface area contributed by atoms with Crippen molar-refractivity contribution in [2.45, 2.75) is 45.4 Å². The first-order valence-corrected chi connectivity index (χ1v) is 10.2. The second-order valence-corrected chi connectivity index (χ2v) is 7.59. The number of esters is 1. The Bertz CT molecular complexity index is 930. The zero-order valence-electron chi connectivity index (χ0n) is 17.5. The van der Waals surface area contributed by atoms with E-state index in [-0.39, 0.29) is 24.0 Å². The molecule has 0 amide bonds. The van der Waals surface area contributed by atoms with Crippen LogP contribution in [0.3, 0.4) is 0 Å². The van der Waals surface area contributed by atoms with E-state index in [1.807, 2.05) is 19.1 Å². The maximum atomic E-state index is 14.4. The van der Waals surface area contributed by atoms with Crippen molar-refractivity contribution >= 4 is 11.7 Å². The van der Waals surface area contributed by atoms with Gasteiger partial charge in [-0.25, -0.2) is 4.39 Å². The standard InChI is InChI=1S/C23H25F4NO3/c1-3-30-22(29)12-15(2)17-5-4-16-8-10-28(11-9-18(16)13-17)21-14-19(6-7-20(21)24)31-23(25,26)27/h4-7,13-15H,3,8-12H2,1-2H3. The third-order valence-electron chi connectivity index (χ3n) is 5.37.